The van der Waals surface area contributed by atoms with Crippen molar-refractivity contribution in [3.63, 3.8) is 0 Å². The lowest BCUT2D eigenvalue weighted by Gasteiger charge is -2.22. The van der Waals surface area contributed by atoms with Crippen molar-refractivity contribution in [3.8, 4) is 5.75 Å². The Labute approximate surface area is 194 Å². The zero-order valence-electron chi connectivity index (χ0n) is 19.0. The van der Waals surface area contributed by atoms with E-state index in [1.165, 1.54) is 4.90 Å². The van der Waals surface area contributed by atoms with Gasteiger partial charge in [-0.15, -0.1) is 0 Å². The van der Waals surface area contributed by atoms with Gasteiger partial charge in [-0.05, 0) is 67.9 Å². The Morgan fingerprint density at radius 1 is 0.818 bits per heavy atom. The summed E-state index contributed by atoms with van der Waals surface area (Å²) in [5.41, 5.74) is 3.58. The minimum atomic E-state index is -0.384. The van der Waals surface area contributed by atoms with E-state index in [2.05, 4.69) is 24.1 Å². The van der Waals surface area contributed by atoms with Crippen molar-refractivity contribution < 1.29 is 14.3 Å². The van der Waals surface area contributed by atoms with Crippen LogP contribution >= 0.6 is 0 Å². The molecule has 0 spiro atoms. The average molecular weight is 442 g/mol. The van der Waals surface area contributed by atoms with Gasteiger partial charge in [0.2, 0.25) is 0 Å². The van der Waals surface area contributed by atoms with Crippen LogP contribution in [0.3, 0.4) is 0 Å². The van der Waals surface area contributed by atoms with E-state index in [1.807, 2.05) is 66.7 Å². The van der Waals surface area contributed by atoms with Crippen LogP contribution in [0, 0.1) is 0 Å². The predicted molar refractivity (Wildman–Crippen MR) is 132 cm³/mol. The number of carbonyl (C=O) groups excluding carboxylic acids is 2. The number of imide groups is 1. The molecule has 1 aliphatic heterocycles. The van der Waals surface area contributed by atoms with Crippen molar-refractivity contribution >= 4 is 34.4 Å². The number of anilines is 3. The van der Waals surface area contributed by atoms with Gasteiger partial charge >= 0.3 is 0 Å². The van der Waals surface area contributed by atoms with Crippen LogP contribution in [-0.4, -0.2) is 32.0 Å². The van der Waals surface area contributed by atoms with Gasteiger partial charge in [0, 0.05) is 24.5 Å². The Kier molecular flexibility index (Phi) is 6.45. The lowest BCUT2D eigenvalue weighted by Crippen LogP contribution is -2.32. The van der Waals surface area contributed by atoms with E-state index in [4.69, 9.17) is 4.74 Å². The van der Waals surface area contributed by atoms with Gasteiger partial charge in [-0.3, -0.25) is 9.59 Å². The fraction of sp³-hybridized carbons (Fsp3) is 0.185. The van der Waals surface area contributed by atoms with Gasteiger partial charge in [0.1, 0.15) is 11.4 Å². The molecule has 0 aromatic heterocycles. The summed E-state index contributed by atoms with van der Waals surface area (Å²) in [5.74, 6) is -0.0235. The minimum absolute atomic E-state index is 0.254. The van der Waals surface area contributed by atoms with Crippen LogP contribution < -0.4 is 19.9 Å². The molecule has 6 heteroatoms. The molecule has 4 rings (SSSR count). The number of hydrogen-bond acceptors (Lipinski definition) is 5. The van der Waals surface area contributed by atoms with E-state index in [0.29, 0.717) is 28.3 Å². The summed E-state index contributed by atoms with van der Waals surface area (Å²) < 4.78 is 5.21. The zero-order valence-corrected chi connectivity index (χ0v) is 19.0. The van der Waals surface area contributed by atoms with Crippen molar-refractivity contribution in [3.05, 3.63) is 90.1 Å². The Morgan fingerprint density at radius 3 is 2.03 bits per heavy atom. The Balaban J connectivity index is 1.71. The number of benzene rings is 3. The molecular weight excluding hydrogens is 414 g/mol. The van der Waals surface area contributed by atoms with Crippen molar-refractivity contribution in [2.75, 3.05) is 35.3 Å². The largest absolute Gasteiger partial charge is 0.497 e. The van der Waals surface area contributed by atoms with Crippen LogP contribution in [0.25, 0.3) is 5.57 Å². The molecule has 1 aliphatic rings. The first kappa shape index (κ1) is 22.1. The fourth-order valence-electron chi connectivity index (χ4n) is 3.97. The Bertz CT molecular complexity index is 1170. The van der Waals surface area contributed by atoms with Gasteiger partial charge < -0.3 is 15.0 Å². The van der Waals surface area contributed by atoms with Crippen LogP contribution in [0.4, 0.5) is 17.1 Å². The van der Waals surface area contributed by atoms with Crippen LogP contribution in [0.5, 0.6) is 5.75 Å². The van der Waals surface area contributed by atoms with Gasteiger partial charge in [0.05, 0.1) is 18.4 Å². The zero-order chi connectivity index (χ0) is 23.4. The highest BCUT2D eigenvalue weighted by Gasteiger charge is 2.40. The topological polar surface area (TPSA) is 61.9 Å². The third-order valence-corrected chi connectivity index (χ3v) is 5.74. The number of methoxy groups -OCH3 is 1. The summed E-state index contributed by atoms with van der Waals surface area (Å²) in [5, 5.41) is 3.17. The maximum absolute atomic E-state index is 13.5. The molecule has 0 unspecified atom stereocenters. The highest BCUT2D eigenvalue weighted by Crippen LogP contribution is 2.34. The first-order valence-electron chi connectivity index (χ1n) is 11.0. The molecule has 0 saturated heterocycles. The second-order valence-corrected chi connectivity index (χ2v) is 7.60. The molecule has 2 amide bonds. The third kappa shape index (κ3) is 4.32. The van der Waals surface area contributed by atoms with Gasteiger partial charge in [0.25, 0.3) is 11.8 Å². The average Bonchev–Trinajstić information content (AvgIpc) is 3.10. The molecule has 0 atom stereocenters. The molecule has 0 fully saturated rings. The quantitative estimate of drug-likeness (QED) is 0.502. The van der Waals surface area contributed by atoms with E-state index < -0.39 is 0 Å². The molecule has 0 radical (unpaired) electrons. The lowest BCUT2D eigenvalue weighted by molar-refractivity contribution is -0.120. The molecular formula is C27H27N3O3. The number of hydrogen-bond donors (Lipinski definition) is 1. The number of nitrogens with zero attached hydrogens (tertiary/aromatic N) is 2. The fourth-order valence-corrected chi connectivity index (χ4v) is 3.97. The maximum atomic E-state index is 13.5. The van der Waals surface area contributed by atoms with Crippen molar-refractivity contribution in [2.24, 2.45) is 0 Å². The Hall–Kier alpha value is -4.06. The van der Waals surface area contributed by atoms with Crippen LogP contribution in [0.15, 0.2) is 84.6 Å². The molecule has 0 aliphatic carbocycles. The highest BCUT2D eigenvalue weighted by molar-refractivity contribution is 6.46. The molecule has 6 nitrogen and oxygen atoms in total. The number of nitrogens with one attached hydrogen (secondary N) is 1. The molecule has 3 aromatic rings. The van der Waals surface area contributed by atoms with E-state index in [0.717, 1.165) is 18.8 Å². The monoisotopic (exact) mass is 441 g/mol. The molecule has 1 N–H and O–H groups in total. The summed E-state index contributed by atoms with van der Waals surface area (Å²) in [4.78, 5) is 30.5. The SMILES string of the molecule is CCN(CC)c1ccc(N2C(=O)C(Nc3ccc(OC)cc3)=C(c3ccccc3)C2=O)cc1. The lowest BCUT2D eigenvalue weighted by atomic mass is 10.0. The number of amides is 2. The van der Waals surface area contributed by atoms with Gasteiger partial charge in [0.15, 0.2) is 0 Å². The summed E-state index contributed by atoms with van der Waals surface area (Å²) >= 11 is 0. The van der Waals surface area contributed by atoms with Crippen molar-refractivity contribution in [2.45, 2.75) is 13.8 Å². The molecule has 3 aromatic carbocycles. The van der Waals surface area contributed by atoms with E-state index >= 15 is 0 Å². The van der Waals surface area contributed by atoms with E-state index in [1.54, 1.807) is 19.2 Å². The van der Waals surface area contributed by atoms with Gasteiger partial charge in [-0.1, -0.05) is 30.3 Å². The first-order chi connectivity index (χ1) is 16.1. The first-order valence-corrected chi connectivity index (χ1v) is 11.0. The Morgan fingerprint density at radius 2 is 1.45 bits per heavy atom. The normalized spacial score (nSPS) is 13.5. The van der Waals surface area contributed by atoms with Crippen LogP contribution in [0.1, 0.15) is 19.4 Å². The van der Waals surface area contributed by atoms with E-state index in [9.17, 15) is 9.59 Å². The van der Waals surface area contributed by atoms with Gasteiger partial charge in [-0.2, -0.15) is 0 Å². The summed E-state index contributed by atoms with van der Waals surface area (Å²) in [6.45, 7) is 5.95. The van der Waals surface area contributed by atoms with E-state index in [-0.39, 0.29) is 17.5 Å². The second-order valence-electron chi connectivity index (χ2n) is 7.60. The minimum Gasteiger partial charge on any atom is -0.497 e. The van der Waals surface area contributed by atoms with Gasteiger partial charge in [-0.25, -0.2) is 4.90 Å². The summed E-state index contributed by atoms with van der Waals surface area (Å²) in [6, 6.07) is 24.0. The molecule has 168 valence electrons. The maximum Gasteiger partial charge on any atom is 0.282 e. The highest BCUT2D eigenvalue weighted by atomic mass is 16.5. The van der Waals surface area contributed by atoms with Crippen LogP contribution in [0.2, 0.25) is 0 Å². The second kappa shape index (κ2) is 9.61. The van der Waals surface area contributed by atoms with Crippen LogP contribution in [-0.2, 0) is 9.59 Å². The molecule has 33 heavy (non-hydrogen) atoms. The number of rotatable bonds is 8. The summed E-state index contributed by atoms with van der Waals surface area (Å²) in [7, 11) is 1.60. The summed E-state index contributed by atoms with van der Waals surface area (Å²) in [6.07, 6.45) is 0. The number of carbonyl (C=O) groups is 2. The standard InChI is InChI=1S/C27H27N3O3/c1-4-29(5-2)21-13-15-22(16-14-21)30-26(31)24(19-9-7-6-8-10-19)25(27(30)32)28-20-11-17-23(33-3)18-12-20/h6-18,28H,4-5H2,1-3H3. The van der Waals surface area contributed by atoms with Crippen molar-refractivity contribution in [1.29, 1.82) is 0 Å². The van der Waals surface area contributed by atoms with Crippen molar-refractivity contribution in [1.82, 2.24) is 0 Å². The smallest absolute Gasteiger partial charge is 0.282 e. The molecule has 1 heterocycles. The molecule has 0 saturated carbocycles. The number of ether oxygens (including phenoxy) is 1. The third-order valence-electron chi connectivity index (χ3n) is 5.74. The molecule has 0 bridgehead atoms. The predicted octanol–water partition coefficient (Wildman–Crippen LogP) is 4.94.